The highest BCUT2D eigenvalue weighted by molar-refractivity contribution is 7.89. The minimum atomic E-state index is -3.96. The predicted molar refractivity (Wildman–Crippen MR) is 117 cm³/mol. The molecule has 0 spiro atoms. The summed E-state index contributed by atoms with van der Waals surface area (Å²) in [5.41, 5.74) is 1.52. The molecule has 3 rings (SSSR count). The van der Waals surface area contributed by atoms with Crippen molar-refractivity contribution in [2.24, 2.45) is 0 Å². The zero-order valence-electron chi connectivity index (χ0n) is 17.2. The number of ether oxygens (including phenoxy) is 1. The topological polar surface area (TPSA) is 93.0 Å². The predicted octanol–water partition coefficient (Wildman–Crippen LogP) is 3.75. The Kier molecular flexibility index (Phi) is 7.81. The van der Waals surface area contributed by atoms with E-state index in [-0.39, 0.29) is 28.7 Å². The van der Waals surface area contributed by atoms with Gasteiger partial charge in [-0.25, -0.2) is 8.42 Å². The number of nitro groups is 1. The van der Waals surface area contributed by atoms with Crippen LogP contribution < -0.4 is 4.74 Å². The van der Waals surface area contributed by atoms with Crippen LogP contribution in [-0.4, -0.2) is 55.8 Å². The molecule has 1 heterocycles. The van der Waals surface area contributed by atoms with Gasteiger partial charge in [0.15, 0.2) is 0 Å². The van der Waals surface area contributed by atoms with Crippen LogP contribution in [0.15, 0.2) is 41.3 Å². The van der Waals surface area contributed by atoms with E-state index in [1.54, 1.807) is 0 Å². The van der Waals surface area contributed by atoms with Gasteiger partial charge in [0.1, 0.15) is 16.4 Å². The molecule has 0 atom stereocenters. The zero-order chi connectivity index (χ0) is 21.2. The molecular weight excluding hydrogens is 430 g/mol. The second kappa shape index (κ2) is 9.74. The van der Waals surface area contributed by atoms with Crippen molar-refractivity contribution >= 4 is 28.1 Å². The van der Waals surface area contributed by atoms with Gasteiger partial charge in [-0.2, -0.15) is 4.31 Å². The molecule has 0 aromatic heterocycles. The first-order valence-electron chi connectivity index (χ1n) is 9.41. The summed E-state index contributed by atoms with van der Waals surface area (Å²) in [6.07, 6.45) is 0.692. The molecule has 0 saturated carbocycles. The molecule has 0 unspecified atom stereocenters. The third-order valence-corrected chi connectivity index (χ3v) is 6.92. The second-order valence-corrected chi connectivity index (χ2v) is 9.23. The van der Waals surface area contributed by atoms with Crippen LogP contribution in [0.4, 0.5) is 5.69 Å². The highest BCUT2D eigenvalue weighted by atomic mass is 35.5. The van der Waals surface area contributed by atoms with Crippen LogP contribution in [0.25, 0.3) is 0 Å². The molecule has 0 N–H and O–H groups in total. The summed E-state index contributed by atoms with van der Waals surface area (Å²) in [6, 6.07) is 9.34. The number of hydrogen-bond donors (Lipinski definition) is 0. The quantitative estimate of drug-likeness (QED) is 0.503. The van der Waals surface area contributed by atoms with E-state index >= 15 is 0 Å². The lowest BCUT2D eigenvalue weighted by Gasteiger charge is -2.22. The van der Waals surface area contributed by atoms with Crippen molar-refractivity contribution in [3.8, 4) is 11.5 Å². The third-order valence-electron chi connectivity index (χ3n) is 5.00. The van der Waals surface area contributed by atoms with Crippen molar-refractivity contribution in [3.05, 3.63) is 57.6 Å². The van der Waals surface area contributed by atoms with E-state index in [0.717, 1.165) is 23.7 Å². The maximum absolute atomic E-state index is 13.4. The maximum Gasteiger partial charge on any atom is 0.271 e. The molecule has 1 aliphatic rings. The molecule has 1 aliphatic heterocycles. The number of aryl methyl sites for hydroxylation is 2. The first kappa shape index (κ1) is 24.1. The summed E-state index contributed by atoms with van der Waals surface area (Å²) < 4.78 is 34.1. The summed E-state index contributed by atoms with van der Waals surface area (Å²) in [5.74, 6) is 0.604. The highest BCUT2D eigenvalue weighted by Gasteiger charge is 2.31. The molecular formula is C20H26ClN3O5S. The molecule has 10 heteroatoms. The number of rotatable bonds is 5. The van der Waals surface area contributed by atoms with Crippen molar-refractivity contribution in [1.29, 1.82) is 0 Å². The van der Waals surface area contributed by atoms with E-state index in [9.17, 15) is 18.5 Å². The van der Waals surface area contributed by atoms with Gasteiger partial charge in [-0.05, 0) is 57.1 Å². The van der Waals surface area contributed by atoms with Gasteiger partial charge in [0.05, 0.1) is 4.92 Å². The van der Waals surface area contributed by atoms with Crippen LogP contribution >= 0.6 is 12.4 Å². The molecule has 8 nitrogen and oxygen atoms in total. The van der Waals surface area contributed by atoms with E-state index < -0.39 is 14.9 Å². The first-order valence-corrected chi connectivity index (χ1v) is 10.8. The van der Waals surface area contributed by atoms with Gasteiger partial charge in [-0.1, -0.05) is 12.1 Å². The van der Waals surface area contributed by atoms with E-state index in [1.807, 2.05) is 39.1 Å². The van der Waals surface area contributed by atoms with Gasteiger partial charge in [0.25, 0.3) is 5.69 Å². The fraction of sp³-hybridized carbons (Fsp3) is 0.400. The Morgan fingerprint density at radius 3 is 2.43 bits per heavy atom. The van der Waals surface area contributed by atoms with Gasteiger partial charge in [-0.15, -0.1) is 12.4 Å². The summed E-state index contributed by atoms with van der Waals surface area (Å²) >= 11 is 0. The minimum absolute atomic E-state index is 0. The molecule has 1 fully saturated rings. The lowest BCUT2D eigenvalue weighted by atomic mass is 10.1. The lowest BCUT2D eigenvalue weighted by molar-refractivity contribution is -0.385. The van der Waals surface area contributed by atoms with E-state index in [2.05, 4.69) is 4.90 Å². The Balaban J connectivity index is 0.00000320. The molecule has 2 aromatic rings. The fourth-order valence-electron chi connectivity index (χ4n) is 3.23. The SMILES string of the molecule is Cc1ccc(C)c(Oc2ccc([N+](=O)[O-])cc2S(=O)(=O)N2CCCN(C)CC2)c1.Cl. The van der Waals surface area contributed by atoms with Crippen LogP contribution in [0.5, 0.6) is 11.5 Å². The summed E-state index contributed by atoms with van der Waals surface area (Å²) in [6.45, 7) is 5.85. The van der Waals surface area contributed by atoms with Gasteiger partial charge in [0, 0.05) is 31.8 Å². The molecule has 30 heavy (non-hydrogen) atoms. The monoisotopic (exact) mass is 455 g/mol. The van der Waals surface area contributed by atoms with Crippen molar-refractivity contribution in [2.75, 3.05) is 33.2 Å². The average Bonchev–Trinajstić information content (AvgIpc) is 2.89. The zero-order valence-corrected chi connectivity index (χ0v) is 18.8. The van der Waals surface area contributed by atoms with E-state index in [0.29, 0.717) is 31.8 Å². The van der Waals surface area contributed by atoms with Crippen molar-refractivity contribution in [2.45, 2.75) is 25.2 Å². The number of nitrogens with zero attached hydrogens (tertiary/aromatic N) is 3. The Morgan fingerprint density at radius 1 is 1.00 bits per heavy atom. The Bertz CT molecular complexity index is 1030. The fourth-order valence-corrected chi connectivity index (χ4v) is 4.84. The smallest absolute Gasteiger partial charge is 0.271 e. The molecule has 0 radical (unpaired) electrons. The second-order valence-electron chi connectivity index (χ2n) is 7.32. The molecule has 0 aliphatic carbocycles. The Morgan fingerprint density at radius 2 is 1.73 bits per heavy atom. The number of sulfonamides is 1. The standard InChI is InChI=1S/C20H25N3O5S.ClH/c1-15-5-6-16(2)19(13-15)28-18-8-7-17(23(24)25)14-20(18)29(26,27)22-10-4-9-21(3)11-12-22;/h5-8,13-14H,4,9-12H2,1-3H3;1H. The number of benzene rings is 2. The summed E-state index contributed by atoms with van der Waals surface area (Å²) in [4.78, 5) is 12.6. The summed E-state index contributed by atoms with van der Waals surface area (Å²) in [7, 11) is -2.02. The summed E-state index contributed by atoms with van der Waals surface area (Å²) in [5, 5.41) is 11.3. The number of hydrogen-bond acceptors (Lipinski definition) is 6. The molecule has 0 amide bonds. The molecule has 2 aromatic carbocycles. The minimum Gasteiger partial charge on any atom is -0.456 e. The molecule has 1 saturated heterocycles. The molecule has 0 bridgehead atoms. The highest BCUT2D eigenvalue weighted by Crippen LogP contribution is 2.35. The number of halogens is 1. The molecule has 164 valence electrons. The van der Waals surface area contributed by atoms with E-state index in [1.165, 1.54) is 16.4 Å². The number of nitro benzene ring substituents is 1. The van der Waals surface area contributed by atoms with Crippen molar-refractivity contribution in [1.82, 2.24) is 9.21 Å². The van der Waals surface area contributed by atoms with Gasteiger partial charge in [0.2, 0.25) is 10.0 Å². The van der Waals surface area contributed by atoms with Gasteiger partial charge >= 0.3 is 0 Å². The van der Waals surface area contributed by atoms with Gasteiger partial charge in [-0.3, -0.25) is 10.1 Å². The van der Waals surface area contributed by atoms with E-state index in [4.69, 9.17) is 4.74 Å². The lowest BCUT2D eigenvalue weighted by Crippen LogP contribution is -2.34. The third kappa shape index (κ3) is 5.28. The van der Waals surface area contributed by atoms with Crippen LogP contribution in [0, 0.1) is 24.0 Å². The largest absolute Gasteiger partial charge is 0.456 e. The van der Waals surface area contributed by atoms with Crippen LogP contribution in [0.3, 0.4) is 0 Å². The van der Waals surface area contributed by atoms with Crippen LogP contribution in [0.1, 0.15) is 17.5 Å². The average molecular weight is 456 g/mol. The van der Waals surface area contributed by atoms with Crippen LogP contribution in [0.2, 0.25) is 0 Å². The van der Waals surface area contributed by atoms with Crippen LogP contribution in [-0.2, 0) is 10.0 Å². The maximum atomic E-state index is 13.4. The first-order chi connectivity index (χ1) is 13.7. The Labute approximate surface area is 183 Å². The normalized spacial score (nSPS) is 15.8. The Hall–Kier alpha value is -2.20. The van der Waals surface area contributed by atoms with Crippen molar-refractivity contribution in [3.63, 3.8) is 0 Å². The number of likely N-dealkylation sites (N-methyl/N-ethyl adjacent to an activating group) is 1. The number of non-ortho nitro benzene ring substituents is 1. The van der Waals surface area contributed by atoms with Crippen molar-refractivity contribution < 1.29 is 18.1 Å². The van der Waals surface area contributed by atoms with Gasteiger partial charge < -0.3 is 9.64 Å².